The molecule has 2 aromatic rings. The molecule has 0 aliphatic carbocycles. The molecule has 0 saturated carbocycles. The topological polar surface area (TPSA) is 136 Å². The molecular weight excluding hydrogens is 358 g/mol. The van der Waals surface area contributed by atoms with E-state index >= 15 is 0 Å². The number of carbonyl (C=O) groups is 1. The van der Waals surface area contributed by atoms with Gasteiger partial charge in [-0.05, 0) is 46.9 Å². The number of piperidine rings is 1. The second kappa shape index (κ2) is 7.89. The molecular formula is C15H21N7O3S. The summed E-state index contributed by atoms with van der Waals surface area (Å²) in [5.74, 6) is 0.105. The van der Waals surface area contributed by atoms with Gasteiger partial charge in [0.05, 0.1) is 12.1 Å². The van der Waals surface area contributed by atoms with E-state index in [1.54, 1.807) is 9.58 Å². The van der Waals surface area contributed by atoms with Crippen LogP contribution in [0.3, 0.4) is 0 Å². The van der Waals surface area contributed by atoms with Crippen molar-refractivity contribution in [3.05, 3.63) is 36.2 Å². The maximum atomic E-state index is 12.6. The van der Waals surface area contributed by atoms with Crippen molar-refractivity contribution in [3.8, 4) is 5.69 Å². The monoisotopic (exact) mass is 379 g/mol. The van der Waals surface area contributed by atoms with E-state index in [1.807, 2.05) is 24.3 Å². The van der Waals surface area contributed by atoms with Crippen LogP contribution in [0.15, 0.2) is 30.6 Å². The molecule has 1 aliphatic heterocycles. The van der Waals surface area contributed by atoms with Crippen molar-refractivity contribution in [1.29, 1.82) is 0 Å². The minimum atomic E-state index is -3.70. The molecule has 1 aromatic carbocycles. The van der Waals surface area contributed by atoms with Gasteiger partial charge >= 0.3 is 0 Å². The SMILES string of the molecule is NS(=O)(=O)NCC1CCCN(C(=O)Cc2ccc(-n3cnnn3)cc2)C1. The third kappa shape index (κ3) is 5.07. The first-order valence-corrected chi connectivity index (χ1v) is 9.83. The van der Waals surface area contributed by atoms with Gasteiger partial charge in [0.15, 0.2) is 0 Å². The number of nitrogens with zero attached hydrogens (tertiary/aromatic N) is 5. The van der Waals surface area contributed by atoms with E-state index in [2.05, 4.69) is 20.2 Å². The highest BCUT2D eigenvalue weighted by Gasteiger charge is 2.24. The summed E-state index contributed by atoms with van der Waals surface area (Å²) in [6.07, 6.45) is 3.52. The fourth-order valence-corrected chi connectivity index (χ4v) is 3.49. The van der Waals surface area contributed by atoms with E-state index in [0.29, 0.717) is 19.5 Å². The fourth-order valence-electron chi connectivity index (χ4n) is 3.02. The van der Waals surface area contributed by atoms with Crippen LogP contribution in [-0.4, -0.2) is 59.1 Å². The number of aromatic nitrogens is 4. The van der Waals surface area contributed by atoms with Gasteiger partial charge in [-0.2, -0.15) is 8.42 Å². The second-order valence-electron chi connectivity index (χ2n) is 6.34. The zero-order valence-electron chi connectivity index (χ0n) is 14.2. The molecule has 1 saturated heterocycles. The zero-order chi connectivity index (χ0) is 18.6. The number of rotatable bonds is 6. The van der Waals surface area contributed by atoms with Crippen LogP contribution in [0, 0.1) is 5.92 Å². The number of hydrogen-bond donors (Lipinski definition) is 2. The predicted molar refractivity (Wildman–Crippen MR) is 93.3 cm³/mol. The Morgan fingerprint density at radius 1 is 1.31 bits per heavy atom. The van der Waals surface area contributed by atoms with Crippen molar-refractivity contribution in [3.63, 3.8) is 0 Å². The van der Waals surface area contributed by atoms with Crippen molar-refractivity contribution in [2.75, 3.05) is 19.6 Å². The Bertz CT molecular complexity index is 837. The number of tetrazole rings is 1. The largest absolute Gasteiger partial charge is 0.342 e. The summed E-state index contributed by atoms with van der Waals surface area (Å²) < 4.78 is 25.9. The van der Waals surface area contributed by atoms with Gasteiger partial charge in [0.25, 0.3) is 10.2 Å². The minimum absolute atomic E-state index is 0.0282. The van der Waals surface area contributed by atoms with E-state index in [9.17, 15) is 13.2 Å². The number of nitrogens with one attached hydrogen (secondary N) is 1. The standard InChI is InChI=1S/C15H21N7O3S/c16-26(24,25)18-9-13-2-1-7-21(10-13)15(23)8-12-3-5-14(6-4-12)22-11-17-19-20-22/h3-6,11,13,18H,1-2,7-10H2,(H2,16,24,25). The highest BCUT2D eigenvalue weighted by Crippen LogP contribution is 2.17. The average Bonchev–Trinajstić information content (AvgIpc) is 3.15. The number of benzene rings is 1. The molecule has 11 heteroatoms. The maximum Gasteiger partial charge on any atom is 0.274 e. The Balaban J connectivity index is 1.55. The lowest BCUT2D eigenvalue weighted by atomic mass is 9.97. The van der Waals surface area contributed by atoms with E-state index in [1.165, 1.54) is 6.33 Å². The molecule has 1 fully saturated rings. The van der Waals surface area contributed by atoms with Crippen LogP contribution < -0.4 is 9.86 Å². The molecule has 26 heavy (non-hydrogen) atoms. The highest BCUT2D eigenvalue weighted by atomic mass is 32.2. The van der Waals surface area contributed by atoms with Crippen molar-refractivity contribution in [2.45, 2.75) is 19.3 Å². The third-order valence-corrected chi connectivity index (χ3v) is 4.92. The van der Waals surface area contributed by atoms with E-state index < -0.39 is 10.2 Å². The molecule has 3 N–H and O–H groups in total. The molecule has 1 atom stereocenters. The first-order chi connectivity index (χ1) is 12.4. The summed E-state index contributed by atoms with van der Waals surface area (Å²) in [5.41, 5.74) is 1.72. The normalized spacial score (nSPS) is 18.0. The van der Waals surface area contributed by atoms with Gasteiger partial charge in [-0.3, -0.25) is 4.79 Å². The minimum Gasteiger partial charge on any atom is -0.342 e. The summed E-state index contributed by atoms with van der Waals surface area (Å²) in [7, 11) is -3.70. The molecule has 0 spiro atoms. The lowest BCUT2D eigenvalue weighted by Gasteiger charge is -2.32. The first-order valence-electron chi connectivity index (χ1n) is 8.28. The maximum absolute atomic E-state index is 12.6. The van der Waals surface area contributed by atoms with Gasteiger partial charge in [-0.25, -0.2) is 14.5 Å². The van der Waals surface area contributed by atoms with Crippen molar-refractivity contribution >= 4 is 16.1 Å². The number of likely N-dealkylation sites (tertiary alicyclic amines) is 1. The molecule has 3 rings (SSSR count). The number of amides is 1. The van der Waals surface area contributed by atoms with Crippen LogP contribution in [0.2, 0.25) is 0 Å². The van der Waals surface area contributed by atoms with Crippen LogP contribution >= 0.6 is 0 Å². The fraction of sp³-hybridized carbons (Fsp3) is 0.467. The molecule has 1 unspecified atom stereocenters. The van der Waals surface area contributed by atoms with Gasteiger partial charge < -0.3 is 4.90 Å². The van der Waals surface area contributed by atoms with Crippen LogP contribution in [0.25, 0.3) is 5.69 Å². The Morgan fingerprint density at radius 3 is 2.73 bits per heavy atom. The predicted octanol–water partition coefficient (Wildman–Crippen LogP) is -0.763. The molecule has 2 heterocycles. The van der Waals surface area contributed by atoms with Crippen LogP contribution in [0.1, 0.15) is 18.4 Å². The van der Waals surface area contributed by atoms with Gasteiger partial charge in [0, 0.05) is 19.6 Å². The van der Waals surface area contributed by atoms with Gasteiger partial charge in [0.2, 0.25) is 5.91 Å². The average molecular weight is 379 g/mol. The zero-order valence-corrected chi connectivity index (χ0v) is 15.0. The lowest BCUT2D eigenvalue weighted by molar-refractivity contribution is -0.132. The number of hydrogen-bond acceptors (Lipinski definition) is 6. The smallest absolute Gasteiger partial charge is 0.274 e. The summed E-state index contributed by atoms with van der Waals surface area (Å²) in [6.45, 7) is 1.47. The Labute approximate surface area is 151 Å². The molecule has 0 bridgehead atoms. The van der Waals surface area contributed by atoms with Gasteiger partial charge in [-0.15, -0.1) is 5.10 Å². The Morgan fingerprint density at radius 2 is 2.08 bits per heavy atom. The molecule has 0 radical (unpaired) electrons. The van der Waals surface area contributed by atoms with E-state index in [4.69, 9.17) is 5.14 Å². The third-order valence-electron chi connectivity index (χ3n) is 4.35. The number of nitrogens with two attached hydrogens (primary N) is 1. The van der Waals surface area contributed by atoms with Gasteiger partial charge in [-0.1, -0.05) is 12.1 Å². The molecule has 10 nitrogen and oxygen atoms in total. The van der Waals surface area contributed by atoms with Crippen LogP contribution in [0.5, 0.6) is 0 Å². The summed E-state index contributed by atoms with van der Waals surface area (Å²) in [6, 6.07) is 7.46. The van der Waals surface area contributed by atoms with Crippen LogP contribution in [-0.2, 0) is 21.4 Å². The van der Waals surface area contributed by atoms with E-state index in [-0.39, 0.29) is 18.4 Å². The van der Waals surface area contributed by atoms with Crippen LogP contribution in [0.4, 0.5) is 0 Å². The molecule has 1 amide bonds. The van der Waals surface area contributed by atoms with Crippen molar-refractivity contribution in [2.24, 2.45) is 11.1 Å². The van der Waals surface area contributed by atoms with Crippen molar-refractivity contribution in [1.82, 2.24) is 29.8 Å². The highest BCUT2D eigenvalue weighted by molar-refractivity contribution is 7.87. The summed E-state index contributed by atoms with van der Waals surface area (Å²) >= 11 is 0. The summed E-state index contributed by atoms with van der Waals surface area (Å²) in [5, 5.41) is 16.0. The quantitative estimate of drug-likeness (QED) is 0.677. The first kappa shape index (κ1) is 18.4. The Kier molecular flexibility index (Phi) is 5.59. The molecule has 1 aliphatic rings. The number of carbonyl (C=O) groups excluding carboxylic acids is 1. The molecule has 140 valence electrons. The summed E-state index contributed by atoms with van der Waals surface area (Å²) in [4.78, 5) is 14.3. The van der Waals surface area contributed by atoms with Crippen molar-refractivity contribution < 1.29 is 13.2 Å². The molecule has 1 aromatic heterocycles. The van der Waals surface area contributed by atoms with E-state index in [0.717, 1.165) is 24.1 Å². The lowest BCUT2D eigenvalue weighted by Crippen LogP contribution is -2.45. The Hall–Kier alpha value is -2.37. The second-order valence-corrected chi connectivity index (χ2v) is 7.72. The van der Waals surface area contributed by atoms with Gasteiger partial charge in [0.1, 0.15) is 6.33 Å².